The fourth-order valence-corrected chi connectivity index (χ4v) is 3.07. The van der Waals surface area contributed by atoms with E-state index in [0.29, 0.717) is 29.1 Å². The average molecular weight is 382 g/mol. The normalized spacial score (nSPS) is 15.5. The van der Waals surface area contributed by atoms with Gasteiger partial charge in [-0.2, -0.15) is 0 Å². The first-order valence-corrected chi connectivity index (χ1v) is 9.01. The van der Waals surface area contributed by atoms with E-state index in [0.717, 1.165) is 5.56 Å². The fourth-order valence-electron chi connectivity index (χ4n) is 3.07. The van der Waals surface area contributed by atoms with Crippen LogP contribution in [0.4, 0.5) is 4.39 Å². The molecule has 2 aromatic carbocycles. The number of hydrogen-bond acceptors (Lipinski definition) is 5. The fraction of sp³-hybridized carbons (Fsp3) is 0.227. The number of rotatable bonds is 6. The number of furan rings is 1. The standard InChI is InChI=1S/C22H19FO5/c23-18-11-16(13-26-20(24)9-8-19-7-4-10-25-19)21-17(12-18)14-27-22(28-21)15-5-2-1-3-6-15/h1-7,10-12,22H,8-9,13-14H2/t22-/m1/s1. The van der Waals surface area contributed by atoms with E-state index in [1.807, 2.05) is 30.3 Å². The van der Waals surface area contributed by atoms with Crippen molar-refractivity contribution in [1.29, 1.82) is 0 Å². The van der Waals surface area contributed by atoms with Gasteiger partial charge in [0.25, 0.3) is 0 Å². The summed E-state index contributed by atoms with van der Waals surface area (Å²) >= 11 is 0. The van der Waals surface area contributed by atoms with Crippen LogP contribution in [0.1, 0.15) is 35.2 Å². The van der Waals surface area contributed by atoms with Crippen LogP contribution in [0.3, 0.4) is 0 Å². The van der Waals surface area contributed by atoms with Crippen LogP contribution in [-0.2, 0) is 33.9 Å². The molecule has 0 amide bonds. The van der Waals surface area contributed by atoms with E-state index < -0.39 is 12.1 Å². The minimum absolute atomic E-state index is 0.0708. The van der Waals surface area contributed by atoms with Crippen molar-refractivity contribution < 1.29 is 27.8 Å². The van der Waals surface area contributed by atoms with Crippen molar-refractivity contribution in [3.05, 3.63) is 89.1 Å². The second-order valence-corrected chi connectivity index (χ2v) is 6.46. The molecule has 144 valence electrons. The van der Waals surface area contributed by atoms with Gasteiger partial charge in [-0.3, -0.25) is 4.79 Å². The molecule has 0 unspecified atom stereocenters. The Hall–Kier alpha value is -3.12. The van der Waals surface area contributed by atoms with E-state index in [9.17, 15) is 9.18 Å². The Labute approximate surface area is 161 Å². The van der Waals surface area contributed by atoms with Crippen LogP contribution < -0.4 is 4.74 Å². The predicted octanol–water partition coefficient (Wildman–Crippen LogP) is 4.70. The quantitative estimate of drug-likeness (QED) is 0.578. The molecule has 28 heavy (non-hydrogen) atoms. The topological polar surface area (TPSA) is 57.9 Å². The molecule has 0 saturated heterocycles. The summed E-state index contributed by atoms with van der Waals surface area (Å²) in [6.45, 7) is 0.144. The number of aryl methyl sites for hydroxylation is 1. The summed E-state index contributed by atoms with van der Waals surface area (Å²) in [4.78, 5) is 12.0. The molecule has 5 nitrogen and oxygen atoms in total. The largest absolute Gasteiger partial charge is 0.469 e. The van der Waals surface area contributed by atoms with Gasteiger partial charge in [0.1, 0.15) is 23.9 Å². The molecule has 0 fully saturated rings. The first-order valence-electron chi connectivity index (χ1n) is 9.01. The third kappa shape index (κ3) is 4.23. The van der Waals surface area contributed by atoms with Crippen molar-refractivity contribution in [2.75, 3.05) is 0 Å². The SMILES string of the molecule is O=C(CCc1ccco1)OCc1cc(F)cc2c1O[C@H](c1ccccc1)OC2. The number of hydrogen-bond donors (Lipinski definition) is 0. The maximum absolute atomic E-state index is 14.0. The zero-order valence-electron chi connectivity index (χ0n) is 15.1. The molecular formula is C22H19FO5. The number of benzene rings is 2. The molecule has 4 rings (SSSR count). The molecule has 0 aliphatic carbocycles. The molecular weight excluding hydrogens is 363 g/mol. The van der Waals surface area contributed by atoms with Gasteiger partial charge in [0, 0.05) is 23.1 Å². The monoisotopic (exact) mass is 382 g/mol. The van der Waals surface area contributed by atoms with E-state index >= 15 is 0 Å². The Morgan fingerprint density at radius 3 is 2.79 bits per heavy atom. The molecule has 0 N–H and O–H groups in total. The molecule has 0 radical (unpaired) electrons. The first kappa shape index (κ1) is 18.3. The van der Waals surface area contributed by atoms with Crippen molar-refractivity contribution >= 4 is 5.97 Å². The van der Waals surface area contributed by atoms with Crippen LogP contribution in [0, 0.1) is 5.82 Å². The summed E-state index contributed by atoms with van der Waals surface area (Å²) in [5, 5.41) is 0. The van der Waals surface area contributed by atoms with Crippen LogP contribution in [0.2, 0.25) is 0 Å². The highest BCUT2D eigenvalue weighted by atomic mass is 19.1. The Morgan fingerprint density at radius 1 is 1.14 bits per heavy atom. The van der Waals surface area contributed by atoms with E-state index in [1.54, 1.807) is 18.4 Å². The van der Waals surface area contributed by atoms with Gasteiger partial charge in [-0.25, -0.2) is 4.39 Å². The van der Waals surface area contributed by atoms with Gasteiger partial charge in [-0.15, -0.1) is 0 Å². The lowest BCUT2D eigenvalue weighted by atomic mass is 10.1. The van der Waals surface area contributed by atoms with Crippen LogP contribution in [-0.4, -0.2) is 5.97 Å². The summed E-state index contributed by atoms with van der Waals surface area (Å²) in [5.74, 6) is 0.401. The smallest absolute Gasteiger partial charge is 0.306 e. The van der Waals surface area contributed by atoms with Crippen LogP contribution in [0.5, 0.6) is 5.75 Å². The van der Waals surface area contributed by atoms with Crippen molar-refractivity contribution in [3.63, 3.8) is 0 Å². The van der Waals surface area contributed by atoms with Crippen molar-refractivity contribution in [1.82, 2.24) is 0 Å². The highest BCUT2D eigenvalue weighted by Gasteiger charge is 2.25. The molecule has 1 aliphatic rings. The summed E-state index contributed by atoms with van der Waals surface area (Å²) in [6, 6.07) is 15.7. The number of carbonyl (C=O) groups is 1. The number of ether oxygens (including phenoxy) is 3. The Kier molecular flexibility index (Phi) is 5.39. The molecule has 0 spiro atoms. The van der Waals surface area contributed by atoms with E-state index in [2.05, 4.69) is 0 Å². The molecule has 6 heteroatoms. The van der Waals surface area contributed by atoms with Crippen LogP contribution >= 0.6 is 0 Å². The number of carbonyl (C=O) groups excluding carboxylic acids is 1. The number of esters is 1. The highest BCUT2D eigenvalue weighted by Crippen LogP contribution is 2.36. The zero-order chi connectivity index (χ0) is 19.3. The first-order chi connectivity index (χ1) is 13.7. The van der Waals surface area contributed by atoms with Gasteiger partial charge in [-0.1, -0.05) is 30.3 Å². The number of fused-ring (bicyclic) bond motifs is 1. The Bertz CT molecular complexity index is 937. The minimum atomic E-state index is -0.590. The minimum Gasteiger partial charge on any atom is -0.469 e. The lowest BCUT2D eigenvalue weighted by molar-refractivity contribution is -0.145. The second kappa shape index (κ2) is 8.27. The molecule has 1 atom stereocenters. The second-order valence-electron chi connectivity index (χ2n) is 6.46. The lowest BCUT2D eigenvalue weighted by Crippen LogP contribution is -2.20. The van der Waals surface area contributed by atoms with Gasteiger partial charge in [0.2, 0.25) is 6.29 Å². The zero-order valence-corrected chi connectivity index (χ0v) is 15.1. The van der Waals surface area contributed by atoms with Gasteiger partial charge in [0.15, 0.2) is 0 Å². The predicted molar refractivity (Wildman–Crippen MR) is 97.8 cm³/mol. The molecule has 1 aromatic heterocycles. The number of halogens is 1. The highest BCUT2D eigenvalue weighted by molar-refractivity contribution is 5.69. The van der Waals surface area contributed by atoms with Crippen LogP contribution in [0.25, 0.3) is 0 Å². The Morgan fingerprint density at radius 2 is 2.00 bits per heavy atom. The summed E-state index contributed by atoms with van der Waals surface area (Å²) in [6.07, 6.45) is 1.60. The summed E-state index contributed by atoms with van der Waals surface area (Å²) in [5.41, 5.74) is 1.93. The Balaban J connectivity index is 1.44. The third-order valence-electron chi connectivity index (χ3n) is 4.44. The molecule has 3 aromatic rings. The van der Waals surface area contributed by atoms with Gasteiger partial charge >= 0.3 is 5.97 Å². The molecule has 1 aliphatic heterocycles. The maximum Gasteiger partial charge on any atom is 0.306 e. The lowest BCUT2D eigenvalue weighted by Gasteiger charge is -2.28. The third-order valence-corrected chi connectivity index (χ3v) is 4.44. The van der Waals surface area contributed by atoms with E-state index in [4.69, 9.17) is 18.6 Å². The van der Waals surface area contributed by atoms with E-state index in [1.165, 1.54) is 12.1 Å². The van der Waals surface area contributed by atoms with Crippen LogP contribution in [0.15, 0.2) is 65.3 Å². The maximum atomic E-state index is 14.0. The summed E-state index contributed by atoms with van der Waals surface area (Å²) < 4.78 is 36.1. The molecule has 0 saturated carbocycles. The van der Waals surface area contributed by atoms with Gasteiger partial charge in [0.05, 0.1) is 19.3 Å². The van der Waals surface area contributed by atoms with Crippen molar-refractivity contribution in [2.45, 2.75) is 32.3 Å². The van der Waals surface area contributed by atoms with Gasteiger partial charge in [-0.05, 0) is 24.3 Å². The van der Waals surface area contributed by atoms with E-state index in [-0.39, 0.29) is 25.6 Å². The van der Waals surface area contributed by atoms with Gasteiger partial charge < -0.3 is 18.6 Å². The average Bonchev–Trinajstić information content (AvgIpc) is 3.24. The molecule has 2 heterocycles. The molecule has 0 bridgehead atoms. The van der Waals surface area contributed by atoms with Crippen molar-refractivity contribution in [2.24, 2.45) is 0 Å². The van der Waals surface area contributed by atoms with Crippen molar-refractivity contribution in [3.8, 4) is 5.75 Å². The summed E-state index contributed by atoms with van der Waals surface area (Å²) in [7, 11) is 0.